The van der Waals surface area contributed by atoms with E-state index in [0.717, 1.165) is 24.5 Å². The van der Waals surface area contributed by atoms with E-state index in [9.17, 15) is 13.2 Å². The Morgan fingerprint density at radius 1 is 1.16 bits per heavy atom. The van der Waals surface area contributed by atoms with Gasteiger partial charge in [-0.05, 0) is 48.6 Å². The molecule has 130 valence electrons. The van der Waals surface area contributed by atoms with Crippen LogP contribution >= 0.6 is 11.6 Å². The van der Waals surface area contributed by atoms with E-state index < -0.39 is 11.7 Å². The molecule has 0 spiro atoms. The molecule has 7 heteroatoms. The normalized spacial score (nSPS) is 15.9. The van der Waals surface area contributed by atoms with Crippen molar-refractivity contribution < 1.29 is 13.2 Å². The van der Waals surface area contributed by atoms with Gasteiger partial charge in [0.1, 0.15) is 5.15 Å². The lowest BCUT2D eigenvalue weighted by molar-refractivity contribution is -0.137. The van der Waals surface area contributed by atoms with Crippen molar-refractivity contribution in [1.82, 2.24) is 4.98 Å². The van der Waals surface area contributed by atoms with Crippen LogP contribution in [0.5, 0.6) is 0 Å². The van der Waals surface area contributed by atoms with E-state index in [1.165, 1.54) is 6.07 Å². The first-order valence-corrected chi connectivity index (χ1v) is 8.24. The van der Waals surface area contributed by atoms with E-state index in [1.807, 2.05) is 11.0 Å². The molecule has 3 rings (SSSR count). The number of hydrogen-bond donors (Lipinski definition) is 0. The zero-order chi connectivity index (χ0) is 18.0. The summed E-state index contributed by atoms with van der Waals surface area (Å²) in [5, 5.41) is 9.33. The minimum Gasteiger partial charge on any atom is -0.371 e. The van der Waals surface area contributed by atoms with Crippen LogP contribution in [-0.2, 0) is 6.18 Å². The molecule has 2 heterocycles. The second-order valence-electron chi connectivity index (χ2n) is 6.02. The molecule has 0 aliphatic carbocycles. The van der Waals surface area contributed by atoms with Crippen LogP contribution in [0.2, 0.25) is 5.15 Å². The number of halogens is 4. The molecule has 1 aromatic heterocycles. The van der Waals surface area contributed by atoms with Crippen LogP contribution in [0.25, 0.3) is 0 Å². The molecule has 2 aromatic rings. The molecule has 0 atom stereocenters. The third-order valence-corrected chi connectivity index (χ3v) is 4.73. The fourth-order valence-electron chi connectivity index (χ4n) is 3.16. The van der Waals surface area contributed by atoms with Crippen LogP contribution in [0.3, 0.4) is 0 Å². The molecule has 1 aromatic carbocycles. The molecule has 1 fully saturated rings. The van der Waals surface area contributed by atoms with Crippen molar-refractivity contribution in [3.05, 3.63) is 58.4 Å². The molecule has 0 radical (unpaired) electrons. The van der Waals surface area contributed by atoms with Gasteiger partial charge in [-0.15, -0.1) is 0 Å². The minimum absolute atomic E-state index is 0.321. The van der Waals surface area contributed by atoms with E-state index in [4.69, 9.17) is 16.9 Å². The Morgan fingerprint density at radius 2 is 1.88 bits per heavy atom. The summed E-state index contributed by atoms with van der Waals surface area (Å²) >= 11 is 5.80. The molecule has 3 nitrogen and oxygen atoms in total. The topological polar surface area (TPSA) is 39.9 Å². The van der Waals surface area contributed by atoms with Crippen LogP contribution in [0.1, 0.15) is 35.4 Å². The van der Waals surface area contributed by atoms with Crippen LogP contribution in [0.15, 0.2) is 36.5 Å². The average Bonchev–Trinajstić information content (AvgIpc) is 2.61. The molecule has 1 aliphatic rings. The Kier molecular flexibility index (Phi) is 4.87. The first-order chi connectivity index (χ1) is 11.9. The first-order valence-electron chi connectivity index (χ1n) is 7.86. The van der Waals surface area contributed by atoms with Gasteiger partial charge in [0.25, 0.3) is 0 Å². The fraction of sp³-hybridized carbons (Fsp3) is 0.333. The Bertz CT molecular complexity index is 789. The van der Waals surface area contributed by atoms with Crippen molar-refractivity contribution in [2.24, 2.45) is 0 Å². The molecule has 1 aliphatic heterocycles. The predicted octanol–water partition coefficient (Wildman–Crippen LogP) is 5.01. The maximum Gasteiger partial charge on any atom is 0.417 e. The number of rotatable bonds is 2. The number of anilines is 1. The number of pyridine rings is 1. The van der Waals surface area contributed by atoms with Gasteiger partial charge in [0.15, 0.2) is 0 Å². The van der Waals surface area contributed by atoms with E-state index in [0.29, 0.717) is 29.8 Å². The smallest absolute Gasteiger partial charge is 0.371 e. The summed E-state index contributed by atoms with van der Waals surface area (Å²) < 4.78 is 39.3. The van der Waals surface area contributed by atoms with Crippen molar-refractivity contribution in [3.8, 4) is 6.07 Å². The lowest BCUT2D eigenvalue weighted by Gasteiger charge is -2.34. The van der Waals surface area contributed by atoms with Crippen LogP contribution in [0.4, 0.5) is 18.9 Å². The van der Waals surface area contributed by atoms with Gasteiger partial charge in [0.2, 0.25) is 0 Å². The summed E-state index contributed by atoms with van der Waals surface area (Å²) in [4.78, 5) is 6.01. The number of piperidine rings is 1. The second kappa shape index (κ2) is 6.93. The molecule has 1 saturated heterocycles. The lowest BCUT2D eigenvalue weighted by atomic mass is 9.90. The highest BCUT2D eigenvalue weighted by Crippen LogP contribution is 2.36. The minimum atomic E-state index is -4.53. The van der Waals surface area contributed by atoms with E-state index >= 15 is 0 Å². The van der Waals surface area contributed by atoms with E-state index in [-0.39, 0.29) is 5.56 Å². The third-order valence-electron chi connectivity index (χ3n) is 4.51. The van der Waals surface area contributed by atoms with E-state index in [2.05, 4.69) is 4.98 Å². The van der Waals surface area contributed by atoms with Crippen molar-refractivity contribution in [1.29, 1.82) is 5.26 Å². The number of aromatic nitrogens is 1. The zero-order valence-corrected chi connectivity index (χ0v) is 14.0. The highest BCUT2D eigenvalue weighted by molar-refractivity contribution is 6.29. The van der Waals surface area contributed by atoms with Gasteiger partial charge < -0.3 is 4.90 Å². The quantitative estimate of drug-likeness (QED) is 0.702. The van der Waals surface area contributed by atoms with Gasteiger partial charge >= 0.3 is 6.18 Å². The third kappa shape index (κ3) is 3.88. The first kappa shape index (κ1) is 17.6. The van der Waals surface area contributed by atoms with Crippen molar-refractivity contribution in [3.63, 3.8) is 0 Å². The van der Waals surface area contributed by atoms with Crippen molar-refractivity contribution >= 4 is 17.3 Å². The SMILES string of the molecule is N#Cc1ccc(N2CCC(c3ccc(Cl)nc3)CC2)cc1C(F)(F)F. The molecule has 0 saturated carbocycles. The fourth-order valence-corrected chi connectivity index (χ4v) is 3.27. The number of benzene rings is 1. The van der Waals surface area contributed by atoms with Crippen LogP contribution in [0, 0.1) is 11.3 Å². The van der Waals surface area contributed by atoms with Gasteiger partial charge in [-0.3, -0.25) is 0 Å². The number of hydrogen-bond acceptors (Lipinski definition) is 3. The van der Waals surface area contributed by atoms with Gasteiger partial charge in [-0.2, -0.15) is 18.4 Å². The molecular formula is C18H15ClF3N3. The lowest BCUT2D eigenvalue weighted by Crippen LogP contribution is -2.33. The summed E-state index contributed by atoms with van der Waals surface area (Å²) in [6.07, 6.45) is -1.13. The largest absolute Gasteiger partial charge is 0.417 e. The molecular weight excluding hydrogens is 351 g/mol. The Labute approximate surface area is 148 Å². The molecule has 0 bridgehead atoms. The monoisotopic (exact) mass is 365 g/mol. The second-order valence-corrected chi connectivity index (χ2v) is 6.40. The summed E-state index contributed by atoms with van der Waals surface area (Å²) in [6.45, 7) is 1.30. The summed E-state index contributed by atoms with van der Waals surface area (Å²) in [6, 6.07) is 9.20. The number of alkyl halides is 3. The van der Waals surface area contributed by atoms with Crippen molar-refractivity contribution in [2.45, 2.75) is 24.9 Å². The van der Waals surface area contributed by atoms with Crippen LogP contribution in [-0.4, -0.2) is 18.1 Å². The van der Waals surface area contributed by atoms with E-state index in [1.54, 1.807) is 24.4 Å². The zero-order valence-electron chi connectivity index (χ0n) is 13.2. The van der Waals surface area contributed by atoms with Gasteiger partial charge in [-0.25, -0.2) is 4.98 Å². The Morgan fingerprint density at radius 3 is 2.44 bits per heavy atom. The number of nitrogens with zero attached hydrogens (tertiary/aromatic N) is 3. The maximum absolute atomic E-state index is 13.1. The van der Waals surface area contributed by atoms with Crippen molar-refractivity contribution in [2.75, 3.05) is 18.0 Å². The summed E-state index contributed by atoms with van der Waals surface area (Å²) in [7, 11) is 0. The summed E-state index contributed by atoms with van der Waals surface area (Å²) in [5.41, 5.74) is 0.369. The summed E-state index contributed by atoms with van der Waals surface area (Å²) in [5.74, 6) is 0.321. The van der Waals surface area contributed by atoms with Gasteiger partial charge in [-0.1, -0.05) is 17.7 Å². The highest BCUT2D eigenvalue weighted by atomic mass is 35.5. The Balaban J connectivity index is 1.75. The van der Waals surface area contributed by atoms with Gasteiger partial charge in [0.05, 0.1) is 17.2 Å². The average molecular weight is 366 g/mol. The highest BCUT2D eigenvalue weighted by Gasteiger charge is 2.34. The number of nitriles is 1. The molecule has 25 heavy (non-hydrogen) atoms. The van der Waals surface area contributed by atoms with Crippen LogP contribution < -0.4 is 4.90 Å². The molecule has 0 N–H and O–H groups in total. The molecule has 0 unspecified atom stereocenters. The predicted molar refractivity (Wildman–Crippen MR) is 89.6 cm³/mol. The standard InChI is InChI=1S/C18H15ClF3N3/c19-17-4-2-14(11-24-17)12-5-7-25(8-6-12)15-3-1-13(10-23)16(9-15)18(20,21)22/h1-4,9,11-12H,5-8H2. The van der Waals surface area contributed by atoms with Gasteiger partial charge in [0, 0.05) is 25.0 Å². The maximum atomic E-state index is 13.1. The Hall–Kier alpha value is -2.26. The molecule has 0 amide bonds.